The zero-order chi connectivity index (χ0) is 16.2. The van der Waals surface area contributed by atoms with Crippen LogP contribution >= 0.6 is 22.6 Å². The van der Waals surface area contributed by atoms with E-state index in [0.717, 1.165) is 9.32 Å². The fourth-order valence-corrected chi connectivity index (χ4v) is 2.07. The maximum absolute atomic E-state index is 12.1. The second-order valence-corrected chi connectivity index (χ2v) is 7.22. The summed E-state index contributed by atoms with van der Waals surface area (Å²) in [6.45, 7) is 6.33. The van der Waals surface area contributed by atoms with E-state index in [1.807, 2.05) is 45.0 Å². The van der Waals surface area contributed by atoms with Gasteiger partial charge in [0, 0.05) is 21.4 Å². The molecule has 0 aliphatic rings. The largest absolute Gasteiger partial charge is 0.490 e. The molecule has 1 aromatic heterocycles. The van der Waals surface area contributed by atoms with Gasteiger partial charge >= 0.3 is 6.09 Å². The highest BCUT2D eigenvalue weighted by molar-refractivity contribution is 14.1. The van der Waals surface area contributed by atoms with Gasteiger partial charge in [0.1, 0.15) is 24.8 Å². The average Bonchev–Trinajstić information content (AvgIpc) is 2.98. The quantitative estimate of drug-likeness (QED) is 0.711. The summed E-state index contributed by atoms with van der Waals surface area (Å²) in [5, 5.41) is 0. The van der Waals surface area contributed by atoms with Crippen molar-refractivity contribution >= 4 is 28.7 Å². The molecule has 118 valence electrons. The maximum atomic E-state index is 12.1. The summed E-state index contributed by atoms with van der Waals surface area (Å²) in [5.41, 5.74) is -0.237. The zero-order valence-electron chi connectivity index (χ0n) is 12.8. The fraction of sp³-hybridized carbons (Fsp3) is 0.375. The first-order valence-electron chi connectivity index (χ1n) is 6.93. The van der Waals surface area contributed by atoms with Gasteiger partial charge < -0.3 is 9.47 Å². The fourth-order valence-electron chi connectivity index (χ4n) is 1.71. The number of imidazole rings is 1. The second-order valence-electron chi connectivity index (χ2n) is 5.97. The van der Waals surface area contributed by atoms with Crippen molar-refractivity contribution in [2.75, 3.05) is 6.61 Å². The van der Waals surface area contributed by atoms with Crippen molar-refractivity contribution in [3.05, 3.63) is 46.6 Å². The van der Waals surface area contributed by atoms with Crippen molar-refractivity contribution < 1.29 is 14.3 Å². The lowest BCUT2D eigenvalue weighted by atomic mass is 9.89. The molecular formula is C16H19IN2O3. The van der Waals surface area contributed by atoms with Crippen molar-refractivity contribution in [3.8, 4) is 5.75 Å². The van der Waals surface area contributed by atoms with Gasteiger partial charge in [-0.1, -0.05) is 20.8 Å². The Hall–Kier alpha value is -1.57. The van der Waals surface area contributed by atoms with Crippen LogP contribution in [0.3, 0.4) is 0 Å². The molecule has 0 N–H and O–H groups in total. The highest BCUT2D eigenvalue weighted by Crippen LogP contribution is 2.24. The number of hydrogen-bond donors (Lipinski definition) is 0. The molecule has 0 saturated carbocycles. The maximum Gasteiger partial charge on any atom is 0.419 e. The van der Waals surface area contributed by atoms with Gasteiger partial charge in [0.15, 0.2) is 0 Å². The Bertz CT molecular complexity index is 603. The second kappa shape index (κ2) is 7.13. The van der Waals surface area contributed by atoms with Crippen LogP contribution in [0, 0.1) is 8.99 Å². The lowest BCUT2D eigenvalue weighted by Crippen LogP contribution is -2.37. The number of ether oxygens (including phenoxy) is 2. The van der Waals surface area contributed by atoms with E-state index < -0.39 is 6.09 Å². The molecule has 1 atom stereocenters. The van der Waals surface area contributed by atoms with Gasteiger partial charge in [-0.3, -0.25) is 0 Å². The average molecular weight is 414 g/mol. The third kappa shape index (κ3) is 4.72. The molecule has 2 aromatic rings. The molecule has 22 heavy (non-hydrogen) atoms. The topological polar surface area (TPSA) is 53.4 Å². The first kappa shape index (κ1) is 16.8. The molecule has 0 spiro atoms. The van der Waals surface area contributed by atoms with E-state index in [-0.39, 0.29) is 11.5 Å². The molecule has 0 bridgehead atoms. The summed E-state index contributed by atoms with van der Waals surface area (Å²) in [6.07, 6.45) is 3.69. The number of halogens is 1. The third-order valence-corrected chi connectivity index (χ3v) is 3.86. The van der Waals surface area contributed by atoms with Crippen LogP contribution in [0.5, 0.6) is 5.75 Å². The summed E-state index contributed by atoms with van der Waals surface area (Å²) in [5.74, 6) is 0.758. The van der Waals surface area contributed by atoms with Gasteiger partial charge in [-0.05, 0) is 46.9 Å². The van der Waals surface area contributed by atoms with Crippen LogP contribution in [0.4, 0.5) is 4.79 Å². The number of rotatable bonds is 4. The van der Waals surface area contributed by atoms with E-state index >= 15 is 0 Å². The third-order valence-electron chi connectivity index (χ3n) is 3.14. The van der Waals surface area contributed by atoms with E-state index in [9.17, 15) is 4.79 Å². The molecule has 0 fully saturated rings. The van der Waals surface area contributed by atoms with E-state index in [0.29, 0.717) is 6.61 Å². The Labute approximate surface area is 143 Å². The molecule has 1 aromatic carbocycles. The van der Waals surface area contributed by atoms with Crippen LogP contribution < -0.4 is 4.74 Å². The van der Waals surface area contributed by atoms with Crippen molar-refractivity contribution in [3.63, 3.8) is 0 Å². The number of aromatic nitrogens is 2. The van der Waals surface area contributed by atoms with Crippen LogP contribution in [0.25, 0.3) is 0 Å². The van der Waals surface area contributed by atoms with Crippen LogP contribution in [-0.2, 0) is 4.74 Å². The SMILES string of the molecule is CC(C)(C)C(COc1ccc(I)cc1)OC(=O)n1ccnc1. The number of nitrogens with zero attached hydrogens (tertiary/aromatic N) is 2. The van der Waals surface area contributed by atoms with E-state index in [1.54, 1.807) is 6.20 Å². The zero-order valence-corrected chi connectivity index (χ0v) is 15.0. The Morgan fingerprint density at radius 2 is 2.00 bits per heavy atom. The lowest BCUT2D eigenvalue weighted by Gasteiger charge is -2.30. The highest BCUT2D eigenvalue weighted by atomic mass is 127. The Kier molecular flexibility index (Phi) is 5.44. The van der Waals surface area contributed by atoms with E-state index in [1.165, 1.54) is 17.1 Å². The number of hydrogen-bond acceptors (Lipinski definition) is 4. The first-order valence-corrected chi connectivity index (χ1v) is 8.01. The monoisotopic (exact) mass is 414 g/mol. The van der Waals surface area contributed by atoms with E-state index in [4.69, 9.17) is 9.47 Å². The number of benzene rings is 1. The molecule has 5 nitrogen and oxygen atoms in total. The summed E-state index contributed by atoms with van der Waals surface area (Å²) >= 11 is 2.24. The molecule has 0 saturated heterocycles. The minimum absolute atomic E-state index is 0.237. The predicted molar refractivity (Wildman–Crippen MR) is 92.0 cm³/mol. The van der Waals surface area contributed by atoms with E-state index in [2.05, 4.69) is 27.6 Å². The van der Waals surface area contributed by atoms with Crippen molar-refractivity contribution in [2.45, 2.75) is 26.9 Å². The minimum atomic E-state index is -0.455. The number of carbonyl (C=O) groups excluding carboxylic acids is 1. The molecule has 0 amide bonds. The van der Waals surface area contributed by atoms with Crippen LogP contribution in [0.1, 0.15) is 20.8 Å². The Morgan fingerprint density at radius 3 is 2.55 bits per heavy atom. The van der Waals surface area contributed by atoms with Gasteiger partial charge in [-0.25, -0.2) is 14.3 Å². The lowest BCUT2D eigenvalue weighted by molar-refractivity contribution is 0.00209. The van der Waals surface area contributed by atoms with Gasteiger partial charge in [0.25, 0.3) is 0 Å². The standard InChI is InChI=1S/C16H19IN2O3/c1-16(2,3)14(22-15(20)19-9-8-18-11-19)10-21-13-6-4-12(17)5-7-13/h4-9,11,14H,10H2,1-3H3. The van der Waals surface area contributed by atoms with Crippen LogP contribution in [0.15, 0.2) is 43.0 Å². The molecule has 0 aliphatic carbocycles. The van der Waals surface area contributed by atoms with Crippen molar-refractivity contribution in [1.29, 1.82) is 0 Å². The smallest absolute Gasteiger partial charge is 0.419 e. The van der Waals surface area contributed by atoms with Gasteiger partial charge in [0.2, 0.25) is 0 Å². The highest BCUT2D eigenvalue weighted by Gasteiger charge is 2.29. The summed E-state index contributed by atoms with van der Waals surface area (Å²) < 4.78 is 13.8. The molecule has 6 heteroatoms. The van der Waals surface area contributed by atoms with Crippen LogP contribution in [0.2, 0.25) is 0 Å². The molecule has 0 radical (unpaired) electrons. The van der Waals surface area contributed by atoms with Crippen molar-refractivity contribution in [1.82, 2.24) is 9.55 Å². The molecule has 0 aliphatic heterocycles. The number of carbonyl (C=O) groups is 1. The van der Waals surface area contributed by atoms with Crippen molar-refractivity contribution in [2.24, 2.45) is 5.41 Å². The Morgan fingerprint density at radius 1 is 1.32 bits per heavy atom. The van der Waals surface area contributed by atoms with Crippen LogP contribution in [-0.4, -0.2) is 28.4 Å². The minimum Gasteiger partial charge on any atom is -0.490 e. The Balaban J connectivity index is 2.00. The molecule has 1 heterocycles. The summed E-state index contributed by atoms with van der Waals surface area (Å²) in [4.78, 5) is 15.9. The normalized spacial score (nSPS) is 12.7. The van der Waals surface area contributed by atoms with Gasteiger partial charge in [-0.2, -0.15) is 0 Å². The first-order chi connectivity index (χ1) is 10.4. The van der Waals surface area contributed by atoms with Gasteiger partial charge in [0.05, 0.1) is 0 Å². The molecule has 2 rings (SSSR count). The summed E-state index contributed by atoms with van der Waals surface area (Å²) in [6, 6.07) is 7.75. The van der Waals surface area contributed by atoms with Gasteiger partial charge in [-0.15, -0.1) is 0 Å². The molecular weight excluding hydrogens is 395 g/mol. The summed E-state index contributed by atoms with van der Waals surface area (Å²) in [7, 11) is 0. The molecule has 1 unspecified atom stereocenters. The predicted octanol–water partition coefficient (Wildman–Crippen LogP) is 3.97.